The Hall–Kier alpha value is -0.850. The Bertz CT molecular complexity index is 839. The van der Waals surface area contributed by atoms with Gasteiger partial charge in [0.2, 0.25) is 5.88 Å². The number of ether oxygens (including phenoxy) is 1. The van der Waals surface area contributed by atoms with Crippen LogP contribution in [0, 0.1) is 0 Å². The zero-order chi connectivity index (χ0) is 20.7. The van der Waals surface area contributed by atoms with Crippen LogP contribution in [0.4, 0.5) is 5.69 Å². The number of nitrogens with zero attached hydrogens (tertiary/aromatic N) is 2. The van der Waals surface area contributed by atoms with Crippen molar-refractivity contribution in [3.63, 3.8) is 0 Å². The maximum absolute atomic E-state index is 8.24. The summed E-state index contributed by atoms with van der Waals surface area (Å²) in [5.41, 5.74) is 5.66. The molecule has 0 aliphatic heterocycles. The molecule has 2 N–H and O–H groups in total. The minimum Gasteiger partial charge on any atom is -0.435 e. The third kappa shape index (κ3) is 3.42. The van der Waals surface area contributed by atoms with E-state index in [1.165, 1.54) is 0 Å². The van der Waals surface area contributed by atoms with Crippen LogP contribution in [-0.2, 0) is 0 Å². The molecule has 0 unspecified atom stereocenters. The highest BCUT2D eigenvalue weighted by molar-refractivity contribution is 9.11. The number of hydrogen-bond donors (Lipinski definition) is 1. The molecule has 0 saturated carbocycles. The molecule has 1 aromatic heterocycles. The quantitative estimate of drug-likeness (QED) is 0.687. The second kappa shape index (κ2) is 6.28. The van der Waals surface area contributed by atoms with Crippen LogP contribution in [0.3, 0.4) is 0 Å². The number of nitrogens with two attached hydrogens (primary N) is 1. The minimum atomic E-state index is -2.95. The van der Waals surface area contributed by atoms with Gasteiger partial charge in [0.15, 0.2) is 10.9 Å². The van der Waals surface area contributed by atoms with Crippen LogP contribution in [0.25, 0.3) is 0 Å². The minimum absolute atomic E-state index is 0.194. The van der Waals surface area contributed by atoms with Crippen molar-refractivity contribution in [3.05, 3.63) is 37.8 Å². The molecule has 7 heteroatoms. The fourth-order valence-corrected chi connectivity index (χ4v) is 2.92. The normalized spacial score (nSPS) is 17.3. The molecule has 1 heterocycles. The zero-order valence-corrected chi connectivity index (χ0v) is 13.7. The van der Waals surface area contributed by atoms with Crippen molar-refractivity contribution in [2.45, 2.75) is 19.6 Å². The lowest BCUT2D eigenvalue weighted by Crippen LogP contribution is -1.98. The third-order valence-corrected chi connectivity index (χ3v) is 3.66. The van der Waals surface area contributed by atoms with E-state index < -0.39 is 42.3 Å². The van der Waals surface area contributed by atoms with E-state index in [1.54, 1.807) is 12.1 Å². The Morgan fingerprint density at radius 1 is 1.35 bits per heavy atom. The third-order valence-electron chi connectivity index (χ3n) is 2.20. The van der Waals surface area contributed by atoms with E-state index in [4.69, 9.17) is 31.7 Å². The van der Waals surface area contributed by atoms with Crippen molar-refractivity contribution in [1.29, 1.82) is 0 Å². The average molecular weight is 429 g/mol. The van der Waals surface area contributed by atoms with Crippen molar-refractivity contribution in [2.24, 2.45) is 0 Å². The van der Waals surface area contributed by atoms with Crippen LogP contribution in [0.5, 0.6) is 11.6 Å². The van der Waals surface area contributed by atoms with Gasteiger partial charge in [-0.15, -0.1) is 10.2 Å². The lowest BCUT2D eigenvalue weighted by Gasteiger charge is -2.12. The second-order valence-corrected chi connectivity index (χ2v) is 5.75. The number of benzene rings is 1. The molecule has 20 heavy (non-hydrogen) atoms. The first-order valence-corrected chi connectivity index (χ1v) is 7.15. The van der Waals surface area contributed by atoms with Gasteiger partial charge in [0.05, 0.1) is 10.3 Å². The largest absolute Gasteiger partial charge is 0.435 e. The zero-order valence-electron chi connectivity index (χ0n) is 16.7. The SMILES string of the molecule is [2H]c1c(Oc2c(Br)cc(N)cc2Br)nnc(Cl)c1C(C([2H])([2H])[2H])C([2H])([2H])[2H]. The topological polar surface area (TPSA) is 61.0 Å². The van der Waals surface area contributed by atoms with Gasteiger partial charge in [-0.25, -0.2) is 0 Å². The predicted molar refractivity (Wildman–Crippen MR) is 87.5 cm³/mol. The van der Waals surface area contributed by atoms with Gasteiger partial charge in [-0.05, 0) is 55.5 Å². The number of nitrogen functional groups attached to an aromatic ring is 1. The Morgan fingerprint density at radius 2 is 2.00 bits per heavy atom. The van der Waals surface area contributed by atoms with Gasteiger partial charge in [0.25, 0.3) is 0 Å². The predicted octanol–water partition coefficient (Wildman–Crippen LogP) is 5.15. The summed E-state index contributed by atoms with van der Waals surface area (Å²) in [4.78, 5) is 0. The van der Waals surface area contributed by atoms with Crippen molar-refractivity contribution in [1.82, 2.24) is 10.2 Å². The molecular formula is C13H12Br2ClN3O. The van der Waals surface area contributed by atoms with Crippen molar-refractivity contribution in [3.8, 4) is 11.6 Å². The smallest absolute Gasteiger partial charge is 0.239 e. The molecule has 106 valence electrons. The van der Waals surface area contributed by atoms with E-state index >= 15 is 0 Å². The van der Waals surface area contributed by atoms with Gasteiger partial charge >= 0.3 is 0 Å². The molecule has 0 radical (unpaired) electrons. The standard InChI is InChI=1S/C13H12Br2ClN3O/c1-6(2)8-5-11(18-19-13(8)16)20-12-9(14)3-7(17)4-10(12)15/h3-6H,17H2,1-2H3/i1D3,2D3,5D. The summed E-state index contributed by atoms with van der Waals surface area (Å²) in [6.07, 6.45) is 0. The van der Waals surface area contributed by atoms with E-state index in [-0.39, 0.29) is 5.75 Å². The lowest BCUT2D eigenvalue weighted by atomic mass is 10.1. The molecule has 0 saturated heterocycles. The molecule has 0 bridgehead atoms. The number of halogens is 3. The fraction of sp³-hybridized carbons (Fsp3) is 0.231. The van der Waals surface area contributed by atoms with E-state index in [1.807, 2.05) is 0 Å². The van der Waals surface area contributed by atoms with Crippen LogP contribution in [0.15, 0.2) is 27.1 Å². The highest BCUT2D eigenvalue weighted by Gasteiger charge is 2.13. The number of rotatable bonds is 3. The van der Waals surface area contributed by atoms with Crippen molar-refractivity contribution in [2.75, 3.05) is 5.73 Å². The van der Waals surface area contributed by atoms with Crippen LogP contribution in [0.1, 0.15) is 34.8 Å². The summed E-state index contributed by atoms with van der Waals surface area (Å²) in [7, 11) is 0. The van der Waals surface area contributed by atoms with Crippen LogP contribution < -0.4 is 10.5 Å². The van der Waals surface area contributed by atoms with E-state index in [9.17, 15) is 0 Å². The fourth-order valence-electron chi connectivity index (χ4n) is 1.35. The summed E-state index contributed by atoms with van der Waals surface area (Å²) in [6, 6.07) is 2.51. The molecule has 0 fully saturated rings. The monoisotopic (exact) mass is 426 g/mol. The van der Waals surface area contributed by atoms with E-state index in [2.05, 4.69) is 42.1 Å². The molecule has 1 aromatic carbocycles. The van der Waals surface area contributed by atoms with E-state index in [0.717, 1.165) is 0 Å². The average Bonchev–Trinajstić information content (AvgIpc) is 2.46. The second-order valence-electron chi connectivity index (χ2n) is 3.68. The maximum Gasteiger partial charge on any atom is 0.239 e. The molecule has 0 atom stereocenters. The molecule has 2 aromatic rings. The number of anilines is 1. The van der Waals surface area contributed by atoms with E-state index in [0.29, 0.717) is 14.6 Å². The summed E-state index contributed by atoms with van der Waals surface area (Å²) in [6.45, 7) is -5.90. The first-order valence-electron chi connectivity index (χ1n) is 8.68. The first-order chi connectivity index (χ1) is 12.2. The summed E-state index contributed by atoms with van der Waals surface area (Å²) in [5.74, 6) is -2.24. The molecule has 2 rings (SSSR count). The summed E-state index contributed by atoms with van der Waals surface area (Å²) >= 11 is 12.4. The van der Waals surface area contributed by atoms with Gasteiger partial charge < -0.3 is 10.5 Å². The summed E-state index contributed by atoms with van der Waals surface area (Å²) in [5, 5.41) is 6.74. The molecule has 0 aliphatic carbocycles. The van der Waals surface area contributed by atoms with Gasteiger partial charge in [-0.3, -0.25) is 0 Å². The summed E-state index contributed by atoms with van der Waals surface area (Å²) < 4.78 is 60.1. The Morgan fingerprint density at radius 3 is 2.60 bits per heavy atom. The Balaban J connectivity index is 2.62. The van der Waals surface area contributed by atoms with Crippen LogP contribution in [-0.4, -0.2) is 10.2 Å². The highest BCUT2D eigenvalue weighted by Crippen LogP contribution is 2.38. The van der Waals surface area contributed by atoms with Crippen LogP contribution >= 0.6 is 43.5 Å². The van der Waals surface area contributed by atoms with Crippen molar-refractivity contribution < 1.29 is 14.3 Å². The van der Waals surface area contributed by atoms with Gasteiger partial charge in [-0.2, -0.15) is 0 Å². The van der Waals surface area contributed by atoms with Gasteiger partial charge in [0, 0.05) is 20.0 Å². The highest BCUT2D eigenvalue weighted by atomic mass is 79.9. The molecule has 0 spiro atoms. The molecule has 4 nitrogen and oxygen atoms in total. The lowest BCUT2D eigenvalue weighted by molar-refractivity contribution is 0.448. The Labute approximate surface area is 148 Å². The Kier molecular flexibility index (Phi) is 2.69. The number of hydrogen-bond acceptors (Lipinski definition) is 4. The first kappa shape index (κ1) is 8.56. The maximum atomic E-state index is 8.24. The van der Waals surface area contributed by atoms with Crippen LogP contribution in [0.2, 0.25) is 5.15 Å². The van der Waals surface area contributed by atoms with Gasteiger partial charge in [0.1, 0.15) is 0 Å². The number of aromatic nitrogens is 2. The molecular weight excluding hydrogens is 409 g/mol. The van der Waals surface area contributed by atoms with Gasteiger partial charge in [-0.1, -0.05) is 25.3 Å². The molecule has 0 amide bonds. The molecule has 0 aliphatic rings. The van der Waals surface area contributed by atoms with Crippen molar-refractivity contribution >= 4 is 49.1 Å².